The third-order valence-electron chi connectivity index (χ3n) is 9.86. The Morgan fingerprint density at radius 1 is 0.776 bits per heavy atom. The lowest BCUT2D eigenvalue weighted by Crippen LogP contribution is -2.24. The summed E-state index contributed by atoms with van der Waals surface area (Å²) in [6, 6.07) is 34.0. The molecule has 1 radical (unpaired) electrons. The number of aromatic nitrogens is 6. The lowest BCUT2D eigenvalue weighted by Gasteiger charge is -2.09. The van der Waals surface area contributed by atoms with Crippen LogP contribution in [0.15, 0.2) is 162 Å². The van der Waals surface area contributed by atoms with E-state index < -0.39 is 0 Å². The maximum atomic E-state index is 6.47. The monoisotopic (exact) mass is 771 g/mol. The molecule has 9 heteroatoms. The molecule has 0 fully saturated rings. The molecule has 8 aromatic rings. The van der Waals surface area contributed by atoms with Crippen molar-refractivity contribution in [1.82, 2.24) is 29.5 Å². The Kier molecular flexibility index (Phi) is 10.9. The van der Waals surface area contributed by atoms with Gasteiger partial charge in [0, 0.05) is 22.3 Å². The molecule has 0 aliphatic heterocycles. The average molecular weight is 772 g/mol. The number of hydrogen-bond donors (Lipinski definition) is 0. The summed E-state index contributed by atoms with van der Waals surface area (Å²) in [5.74, 6) is 2.20. The molecule has 0 saturated heterocycles. The van der Waals surface area contributed by atoms with Gasteiger partial charge < -0.3 is 4.42 Å². The third-order valence-corrected chi connectivity index (χ3v) is 10.9. The third kappa shape index (κ3) is 7.47. The van der Waals surface area contributed by atoms with Gasteiger partial charge in [-0.1, -0.05) is 128 Å². The van der Waals surface area contributed by atoms with Crippen molar-refractivity contribution < 1.29 is 4.42 Å². The number of benzene rings is 4. The topological polar surface area (TPSA) is 82.5 Å². The predicted molar refractivity (Wildman–Crippen MR) is 243 cm³/mol. The standard InChI is InChI=1S/C49H40BN6OS/c1-7-18-37(28-31(4)33(9-3)29-38-32(5)41(19-8-2)56(44(38)50-6)49-52-40-24-16-17-25-43(40)58-49)48-51-39-27-26-36(30-42(39)57-48)47-54-45(34-20-12-10-13-21-34)53-46(55-47)35-22-14-11-15-23-35/h7-30H,1,3H2,2,4-6H3/b19-8-,31-28+,33-29+,37-18+. The van der Waals surface area contributed by atoms with E-state index in [4.69, 9.17) is 29.3 Å². The lowest BCUT2D eigenvalue weighted by molar-refractivity contribution is 0.586. The van der Waals surface area contributed by atoms with Crippen LogP contribution in [0.3, 0.4) is 0 Å². The first-order valence-corrected chi connectivity index (χ1v) is 19.9. The zero-order valence-corrected chi connectivity index (χ0v) is 33.7. The van der Waals surface area contributed by atoms with Crippen molar-refractivity contribution in [2.24, 2.45) is 0 Å². The van der Waals surface area contributed by atoms with Gasteiger partial charge in [-0.15, -0.1) is 0 Å². The van der Waals surface area contributed by atoms with Crippen LogP contribution in [0, 0.1) is 6.92 Å². The molecule has 0 aliphatic carbocycles. The highest BCUT2D eigenvalue weighted by Crippen LogP contribution is 2.32. The molecule has 0 spiro atoms. The van der Waals surface area contributed by atoms with E-state index in [2.05, 4.69) is 88.2 Å². The summed E-state index contributed by atoms with van der Waals surface area (Å²) in [7, 11) is 2.15. The van der Waals surface area contributed by atoms with Crippen LogP contribution < -0.4 is 5.59 Å². The maximum absolute atomic E-state index is 6.47. The summed E-state index contributed by atoms with van der Waals surface area (Å²) in [5, 5.41) is 0.927. The lowest BCUT2D eigenvalue weighted by atomic mass is 9.74. The van der Waals surface area contributed by atoms with Crippen LogP contribution in [0.1, 0.15) is 36.6 Å². The van der Waals surface area contributed by atoms with Crippen LogP contribution in [0.4, 0.5) is 0 Å². The largest absolute Gasteiger partial charge is 0.436 e. The molecule has 281 valence electrons. The van der Waals surface area contributed by atoms with Crippen molar-refractivity contribution >= 4 is 63.3 Å². The molecular formula is C49H40BN6OS. The number of rotatable bonds is 12. The smallest absolute Gasteiger partial charge is 0.227 e. The van der Waals surface area contributed by atoms with Gasteiger partial charge in [-0.2, -0.15) is 0 Å². The number of thiazole rings is 1. The van der Waals surface area contributed by atoms with E-state index in [9.17, 15) is 0 Å². The predicted octanol–water partition coefficient (Wildman–Crippen LogP) is 11.9. The summed E-state index contributed by atoms with van der Waals surface area (Å²) < 4.78 is 9.88. The minimum atomic E-state index is 0.469. The number of hydrogen-bond acceptors (Lipinski definition) is 7. The molecule has 4 aromatic heterocycles. The molecule has 0 unspecified atom stereocenters. The first-order valence-electron chi connectivity index (χ1n) is 19.1. The van der Waals surface area contributed by atoms with E-state index in [-0.39, 0.29) is 0 Å². The maximum Gasteiger partial charge on any atom is 0.227 e. The van der Waals surface area contributed by atoms with Gasteiger partial charge in [0.2, 0.25) is 5.89 Å². The van der Waals surface area contributed by atoms with Crippen molar-refractivity contribution in [3.8, 4) is 39.3 Å². The van der Waals surface area contributed by atoms with Gasteiger partial charge in [-0.25, -0.2) is 24.9 Å². The van der Waals surface area contributed by atoms with Crippen molar-refractivity contribution in [3.05, 3.63) is 181 Å². The van der Waals surface area contributed by atoms with Gasteiger partial charge in [-0.3, -0.25) is 4.57 Å². The van der Waals surface area contributed by atoms with Crippen molar-refractivity contribution in [1.29, 1.82) is 0 Å². The highest BCUT2D eigenvalue weighted by molar-refractivity contribution is 7.20. The molecule has 58 heavy (non-hydrogen) atoms. The Morgan fingerprint density at radius 2 is 1.43 bits per heavy atom. The van der Waals surface area contributed by atoms with Crippen molar-refractivity contribution in [3.63, 3.8) is 0 Å². The minimum absolute atomic E-state index is 0.469. The first-order chi connectivity index (χ1) is 28.4. The Hall–Kier alpha value is -6.97. The molecule has 4 heterocycles. The van der Waals surface area contributed by atoms with Crippen LogP contribution in [-0.2, 0) is 0 Å². The number of oxazole rings is 1. The Labute approximate surface area is 343 Å². The molecule has 8 rings (SSSR count). The van der Waals surface area contributed by atoms with Crippen molar-refractivity contribution in [2.45, 2.75) is 27.6 Å². The number of nitrogens with zero attached hydrogens (tertiary/aromatic N) is 6. The molecule has 4 aromatic carbocycles. The Bertz CT molecular complexity index is 2860. The Morgan fingerprint density at radius 3 is 2.05 bits per heavy atom. The van der Waals surface area contributed by atoms with E-state index in [1.165, 1.54) is 0 Å². The van der Waals surface area contributed by atoms with Crippen LogP contribution in [0.25, 0.3) is 78.3 Å². The van der Waals surface area contributed by atoms with E-state index in [0.29, 0.717) is 34.5 Å². The summed E-state index contributed by atoms with van der Waals surface area (Å²) in [6.45, 7) is 16.6. The fourth-order valence-corrected chi connectivity index (χ4v) is 7.97. The molecule has 0 bridgehead atoms. The first kappa shape index (κ1) is 37.9. The van der Waals surface area contributed by atoms with Crippen LogP contribution in [-0.4, -0.2) is 36.8 Å². The molecule has 0 N–H and O–H groups in total. The number of allylic oxidation sites excluding steroid dienone is 8. The molecule has 7 nitrogen and oxygen atoms in total. The zero-order chi connectivity index (χ0) is 40.2. The van der Waals surface area contributed by atoms with Gasteiger partial charge >= 0.3 is 0 Å². The summed E-state index contributed by atoms with van der Waals surface area (Å²) >= 11 is 1.69. The number of para-hydroxylation sites is 1. The molecule has 0 atom stereocenters. The summed E-state index contributed by atoms with van der Waals surface area (Å²) in [5.41, 5.74) is 12.1. The fourth-order valence-electron chi connectivity index (χ4n) is 6.97. The molecule has 0 amide bonds. The fraction of sp³-hybridized carbons (Fsp3) is 0.0816. The summed E-state index contributed by atoms with van der Waals surface area (Å²) in [4.78, 5) is 24.6. The highest BCUT2D eigenvalue weighted by atomic mass is 32.1. The minimum Gasteiger partial charge on any atom is -0.436 e. The number of fused-ring (bicyclic) bond motifs is 2. The van der Waals surface area contributed by atoms with E-state index in [1.807, 2.05) is 104 Å². The normalized spacial score (nSPS) is 12.5. The quantitative estimate of drug-likeness (QED) is 0.0908. The molecular weight excluding hydrogens is 731 g/mol. The van der Waals surface area contributed by atoms with Crippen LogP contribution in [0.2, 0.25) is 6.82 Å². The van der Waals surface area contributed by atoms with E-state index >= 15 is 0 Å². The molecule has 0 saturated carbocycles. The van der Waals surface area contributed by atoms with Gasteiger partial charge in [0.05, 0.1) is 15.9 Å². The summed E-state index contributed by atoms with van der Waals surface area (Å²) in [6.07, 6.45) is 14.0. The molecule has 0 aliphatic rings. The van der Waals surface area contributed by atoms with Crippen LogP contribution in [0.5, 0.6) is 0 Å². The zero-order valence-electron chi connectivity index (χ0n) is 32.8. The van der Waals surface area contributed by atoms with Crippen molar-refractivity contribution in [2.75, 3.05) is 0 Å². The van der Waals surface area contributed by atoms with Gasteiger partial charge in [-0.05, 0) is 97.2 Å². The second-order valence-electron chi connectivity index (χ2n) is 13.6. The van der Waals surface area contributed by atoms with Gasteiger partial charge in [0.1, 0.15) is 5.52 Å². The van der Waals surface area contributed by atoms with Gasteiger partial charge in [0.25, 0.3) is 0 Å². The second kappa shape index (κ2) is 16.6. The average Bonchev–Trinajstić information content (AvgIpc) is 3.96. The second-order valence-corrected chi connectivity index (χ2v) is 14.6. The SMILES string of the molecule is C=C\C=C(/C=C(C)/C(C=C)=C/c1c(C)c(/C=C\C)n(-c2nc3ccccc3s2)c1[B]C)c1nc2ccc(-c3nc(-c4ccccc4)nc(-c4ccccc4)n3)cc2o1. The Balaban J connectivity index is 1.16. The van der Waals surface area contributed by atoms with E-state index in [1.54, 1.807) is 17.4 Å². The highest BCUT2D eigenvalue weighted by Gasteiger charge is 2.21. The van der Waals surface area contributed by atoms with Crippen LogP contribution >= 0.6 is 11.3 Å². The van der Waals surface area contributed by atoms with E-state index in [0.717, 1.165) is 71.2 Å². The van der Waals surface area contributed by atoms with Gasteiger partial charge in [0.15, 0.2) is 35.5 Å².